The first kappa shape index (κ1) is 15.2. The molecule has 2 unspecified atom stereocenters. The van der Waals surface area contributed by atoms with E-state index in [-0.39, 0.29) is 53.0 Å². The summed E-state index contributed by atoms with van der Waals surface area (Å²) in [6.45, 7) is 0. The molecule has 0 spiro atoms. The first-order valence-electron chi connectivity index (χ1n) is 2.50. The normalized spacial score (nSPS) is 14.2. The van der Waals surface area contributed by atoms with Gasteiger partial charge >= 0.3 is 105 Å². The molecule has 0 amide bonds. The van der Waals surface area contributed by atoms with Crippen LogP contribution in [0.4, 0.5) is 0 Å². The summed E-state index contributed by atoms with van der Waals surface area (Å²) >= 11 is 0.120. The number of aliphatic hydroxyl groups is 1. The van der Waals surface area contributed by atoms with Crippen LogP contribution in [0.15, 0.2) is 0 Å². The summed E-state index contributed by atoms with van der Waals surface area (Å²) < 4.78 is 4.33. The van der Waals surface area contributed by atoms with Crippen LogP contribution in [-0.4, -0.2) is 92.5 Å². The molecular formula is C4H8NaO6Sb. The van der Waals surface area contributed by atoms with Crippen molar-refractivity contribution in [1.82, 2.24) is 0 Å². The van der Waals surface area contributed by atoms with Gasteiger partial charge < -0.3 is 0 Å². The van der Waals surface area contributed by atoms with Gasteiger partial charge in [0.2, 0.25) is 0 Å². The molecule has 0 aliphatic rings. The number of carbonyl (C=O) groups is 2. The fourth-order valence-corrected chi connectivity index (χ4v) is 1.15. The van der Waals surface area contributed by atoms with Gasteiger partial charge in [0.05, 0.1) is 0 Å². The topological polar surface area (TPSA) is 104 Å². The third kappa shape index (κ3) is 4.64. The SMILES string of the molecule is O=C(O)C(O)C([O][SbH2])C(=O)O.[NaH]. The van der Waals surface area contributed by atoms with E-state index in [4.69, 9.17) is 15.3 Å². The van der Waals surface area contributed by atoms with Crippen LogP contribution in [0.1, 0.15) is 0 Å². The molecule has 6 nitrogen and oxygen atoms in total. The van der Waals surface area contributed by atoms with Crippen molar-refractivity contribution in [2.75, 3.05) is 0 Å². The zero-order valence-corrected chi connectivity index (χ0v) is 8.59. The first-order chi connectivity index (χ1) is 5.00. The van der Waals surface area contributed by atoms with Crippen molar-refractivity contribution in [1.29, 1.82) is 0 Å². The molecule has 0 aliphatic carbocycles. The van der Waals surface area contributed by atoms with Gasteiger partial charge in [-0.3, -0.25) is 0 Å². The Hall–Kier alpha value is 0.678. The van der Waals surface area contributed by atoms with Gasteiger partial charge in [-0.1, -0.05) is 0 Å². The van der Waals surface area contributed by atoms with Crippen LogP contribution in [0.3, 0.4) is 0 Å². The third-order valence-electron chi connectivity index (χ3n) is 0.930. The second kappa shape index (κ2) is 7.12. The predicted octanol–water partition coefficient (Wildman–Crippen LogP) is -3.20. The molecule has 3 N–H and O–H groups in total. The average molecular weight is 297 g/mol. The van der Waals surface area contributed by atoms with E-state index in [0.717, 1.165) is 0 Å². The molecule has 12 heavy (non-hydrogen) atoms. The van der Waals surface area contributed by atoms with Crippen molar-refractivity contribution in [3.63, 3.8) is 0 Å². The van der Waals surface area contributed by atoms with Crippen LogP contribution in [0.2, 0.25) is 0 Å². The summed E-state index contributed by atoms with van der Waals surface area (Å²) in [5.74, 6) is -3.08. The van der Waals surface area contributed by atoms with E-state index in [1.807, 2.05) is 0 Å². The molecule has 66 valence electrons. The van der Waals surface area contributed by atoms with Gasteiger partial charge in [-0.05, 0) is 0 Å². The zero-order chi connectivity index (χ0) is 9.02. The molecule has 0 saturated carbocycles. The van der Waals surface area contributed by atoms with Gasteiger partial charge in [0.15, 0.2) is 0 Å². The molecule has 0 radical (unpaired) electrons. The summed E-state index contributed by atoms with van der Waals surface area (Å²) in [4.78, 5) is 20.2. The monoisotopic (exact) mass is 296 g/mol. The quantitative estimate of drug-likeness (QED) is 0.472. The summed E-state index contributed by atoms with van der Waals surface area (Å²) in [6, 6.07) is 0. The molecule has 0 bridgehead atoms. The second-order valence-corrected chi connectivity index (χ2v) is 2.45. The van der Waals surface area contributed by atoms with Crippen molar-refractivity contribution in [2.45, 2.75) is 12.2 Å². The Labute approximate surface area is 104 Å². The van der Waals surface area contributed by atoms with Crippen LogP contribution in [0.5, 0.6) is 0 Å². The summed E-state index contributed by atoms with van der Waals surface area (Å²) in [5.41, 5.74) is 0. The van der Waals surface area contributed by atoms with Gasteiger partial charge in [-0.25, -0.2) is 0 Å². The van der Waals surface area contributed by atoms with Gasteiger partial charge in [-0.15, -0.1) is 0 Å². The molecule has 8 heteroatoms. The van der Waals surface area contributed by atoms with Crippen LogP contribution in [-0.2, 0) is 12.6 Å². The van der Waals surface area contributed by atoms with E-state index < -0.39 is 24.1 Å². The van der Waals surface area contributed by atoms with E-state index in [1.54, 1.807) is 0 Å². The minimum absolute atomic E-state index is 0. The molecule has 0 aliphatic heterocycles. The molecule has 0 aromatic carbocycles. The number of carboxylic acid groups (broad SMARTS) is 2. The zero-order valence-electron chi connectivity index (χ0n) is 5.30. The van der Waals surface area contributed by atoms with Crippen molar-refractivity contribution in [2.24, 2.45) is 0 Å². The number of carboxylic acids is 2. The van der Waals surface area contributed by atoms with E-state index in [2.05, 4.69) is 3.02 Å². The Morgan fingerprint density at radius 1 is 1.25 bits per heavy atom. The van der Waals surface area contributed by atoms with Gasteiger partial charge in [0, 0.05) is 0 Å². The van der Waals surface area contributed by atoms with Crippen molar-refractivity contribution in [3.05, 3.63) is 0 Å². The molecule has 0 heterocycles. The summed E-state index contributed by atoms with van der Waals surface area (Å²) in [5, 5.41) is 25.1. The Morgan fingerprint density at radius 2 is 1.67 bits per heavy atom. The van der Waals surface area contributed by atoms with Gasteiger partial charge in [0.25, 0.3) is 0 Å². The van der Waals surface area contributed by atoms with Crippen LogP contribution >= 0.6 is 0 Å². The van der Waals surface area contributed by atoms with Gasteiger partial charge in [-0.2, -0.15) is 0 Å². The van der Waals surface area contributed by atoms with E-state index in [0.29, 0.717) is 0 Å². The molecule has 0 aromatic heterocycles. The van der Waals surface area contributed by atoms with Crippen LogP contribution < -0.4 is 0 Å². The number of hydrogen-bond acceptors (Lipinski definition) is 4. The Bertz CT molecular complexity index is 173. The maximum atomic E-state index is 10.1. The maximum absolute atomic E-state index is 10.1. The summed E-state index contributed by atoms with van der Waals surface area (Å²) in [7, 11) is 0. The number of aliphatic hydroxyl groups excluding tert-OH is 1. The van der Waals surface area contributed by atoms with Crippen molar-refractivity contribution >= 4 is 64.9 Å². The fraction of sp³-hybridized carbons (Fsp3) is 0.500. The second-order valence-electron chi connectivity index (χ2n) is 1.68. The molecule has 0 fully saturated rings. The summed E-state index contributed by atoms with van der Waals surface area (Å²) in [6.07, 6.45) is -3.66. The molecule has 2 atom stereocenters. The van der Waals surface area contributed by atoms with Crippen LogP contribution in [0.25, 0.3) is 0 Å². The Morgan fingerprint density at radius 3 is 1.75 bits per heavy atom. The molecule has 0 rings (SSSR count). The van der Waals surface area contributed by atoms with Gasteiger partial charge in [0.1, 0.15) is 0 Å². The van der Waals surface area contributed by atoms with Crippen molar-refractivity contribution < 1.29 is 27.9 Å². The Kier molecular flexibility index (Phi) is 8.99. The molecule has 0 aromatic rings. The van der Waals surface area contributed by atoms with Crippen molar-refractivity contribution in [3.8, 4) is 0 Å². The van der Waals surface area contributed by atoms with E-state index in [9.17, 15) is 9.59 Å². The number of rotatable bonds is 4. The van der Waals surface area contributed by atoms with E-state index >= 15 is 0 Å². The fourth-order valence-electron chi connectivity index (χ4n) is 0.397. The van der Waals surface area contributed by atoms with Crippen LogP contribution in [0, 0.1) is 0 Å². The standard InChI is InChI=1S/C4H5O6.Na.Sb.3H/c5-1(3(7)8)2(6)4(9)10;;;;;/h1-2,5H,(H,7,8)(H,9,10);;;;;/q-1;;+1;;;. The Balaban J connectivity index is 0. The number of aliphatic carboxylic acids is 2. The first-order valence-corrected chi connectivity index (χ1v) is 3.84. The number of hydrogen-bond donors (Lipinski definition) is 3. The molecule has 0 saturated heterocycles. The molecular weight excluding hydrogens is 289 g/mol. The minimum atomic E-state index is -2.00. The third-order valence-corrected chi connectivity index (χ3v) is 1.77. The average Bonchev–Trinajstić information content (AvgIpc) is 1.88. The predicted molar refractivity (Wildman–Crippen MR) is 41.8 cm³/mol. The van der Waals surface area contributed by atoms with E-state index in [1.165, 1.54) is 0 Å².